The van der Waals surface area contributed by atoms with E-state index in [9.17, 15) is 14.4 Å². The molecule has 1 aliphatic rings. The molecule has 160 valence electrons. The summed E-state index contributed by atoms with van der Waals surface area (Å²) in [5, 5.41) is 0. The molecule has 2 amide bonds. The molecule has 0 saturated carbocycles. The zero-order valence-electron chi connectivity index (χ0n) is 17.5. The lowest BCUT2D eigenvalue weighted by molar-refractivity contribution is -0.210. The van der Waals surface area contributed by atoms with Gasteiger partial charge in [-0.15, -0.1) is 11.8 Å². The maximum atomic E-state index is 12.4. The van der Waals surface area contributed by atoms with Crippen molar-refractivity contribution < 1.29 is 28.6 Å². The molecule has 1 aromatic carbocycles. The Bertz CT molecular complexity index is 698. The zero-order chi connectivity index (χ0) is 21.6. The summed E-state index contributed by atoms with van der Waals surface area (Å²) in [5.41, 5.74) is 0.531. The van der Waals surface area contributed by atoms with Crippen LogP contribution < -0.4 is 0 Å². The molecule has 1 heterocycles. The lowest BCUT2D eigenvalue weighted by Gasteiger charge is -2.48. The highest BCUT2D eigenvalue weighted by molar-refractivity contribution is 7.99. The van der Waals surface area contributed by atoms with Crippen molar-refractivity contribution in [2.24, 2.45) is 0 Å². The van der Waals surface area contributed by atoms with Crippen LogP contribution >= 0.6 is 11.8 Å². The number of thioether (sulfide) groups is 1. The molecular formula is C21H29NO6S. The van der Waals surface area contributed by atoms with E-state index in [0.29, 0.717) is 0 Å². The minimum Gasteiger partial charge on any atom is -0.457 e. The van der Waals surface area contributed by atoms with Crippen molar-refractivity contribution in [1.29, 1.82) is 0 Å². The number of rotatable bonds is 7. The number of imide groups is 1. The van der Waals surface area contributed by atoms with Crippen LogP contribution in [-0.4, -0.2) is 58.2 Å². The Morgan fingerprint density at radius 3 is 2.21 bits per heavy atom. The van der Waals surface area contributed by atoms with Gasteiger partial charge in [0.25, 0.3) is 0 Å². The Hall–Kier alpha value is -1.90. The SMILES string of the molecule is CCS[C@@H]1O[C@H](C)[C@H](OC(C)=O)[C@H](N(C(C)=O)C(C)=O)[C@H]1OCc1ccccc1. The van der Waals surface area contributed by atoms with Crippen LogP contribution in [-0.2, 0) is 35.2 Å². The third-order valence-corrected chi connectivity index (χ3v) is 5.69. The van der Waals surface area contributed by atoms with Crippen molar-refractivity contribution in [3.05, 3.63) is 35.9 Å². The number of amides is 2. The molecule has 0 aromatic heterocycles. The van der Waals surface area contributed by atoms with Crippen LogP contribution in [0.15, 0.2) is 30.3 Å². The molecule has 1 aromatic rings. The molecule has 0 unspecified atom stereocenters. The molecule has 7 nitrogen and oxygen atoms in total. The topological polar surface area (TPSA) is 82.1 Å². The van der Waals surface area contributed by atoms with Crippen LogP contribution in [0.1, 0.15) is 40.2 Å². The molecule has 2 rings (SSSR count). The molecule has 1 fully saturated rings. The van der Waals surface area contributed by atoms with Crippen molar-refractivity contribution >= 4 is 29.5 Å². The molecule has 0 aliphatic carbocycles. The van der Waals surface area contributed by atoms with E-state index in [4.69, 9.17) is 14.2 Å². The van der Waals surface area contributed by atoms with Crippen molar-refractivity contribution in [3.63, 3.8) is 0 Å². The number of nitrogens with zero attached hydrogens (tertiary/aromatic N) is 1. The van der Waals surface area contributed by atoms with Crippen LogP contribution in [0.3, 0.4) is 0 Å². The Labute approximate surface area is 176 Å². The minimum absolute atomic E-state index is 0.275. The average Bonchev–Trinajstić information content (AvgIpc) is 2.64. The van der Waals surface area contributed by atoms with Crippen molar-refractivity contribution in [1.82, 2.24) is 4.90 Å². The van der Waals surface area contributed by atoms with Gasteiger partial charge in [-0.2, -0.15) is 0 Å². The number of esters is 1. The smallest absolute Gasteiger partial charge is 0.303 e. The number of carbonyl (C=O) groups is 3. The van der Waals surface area contributed by atoms with E-state index >= 15 is 0 Å². The summed E-state index contributed by atoms with van der Waals surface area (Å²) in [6.07, 6.45) is -1.99. The van der Waals surface area contributed by atoms with Gasteiger partial charge in [0.2, 0.25) is 11.8 Å². The van der Waals surface area contributed by atoms with Gasteiger partial charge in [-0.05, 0) is 18.2 Å². The summed E-state index contributed by atoms with van der Waals surface area (Å²) in [6, 6.07) is 8.81. The minimum atomic E-state index is -0.824. The van der Waals surface area contributed by atoms with Gasteiger partial charge < -0.3 is 14.2 Å². The summed E-state index contributed by atoms with van der Waals surface area (Å²) in [6.45, 7) is 7.98. The molecule has 0 bridgehead atoms. The molecule has 0 spiro atoms. The number of ether oxygens (including phenoxy) is 3. The molecule has 0 radical (unpaired) electrons. The summed E-state index contributed by atoms with van der Waals surface area (Å²) in [7, 11) is 0. The Kier molecular flexibility index (Phi) is 8.67. The van der Waals surface area contributed by atoms with Crippen LogP contribution in [0.4, 0.5) is 0 Å². The highest BCUT2D eigenvalue weighted by Crippen LogP contribution is 2.35. The molecular weight excluding hydrogens is 394 g/mol. The Morgan fingerprint density at radius 2 is 1.69 bits per heavy atom. The summed E-state index contributed by atoms with van der Waals surface area (Å²) >= 11 is 1.53. The first-order valence-electron chi connectivity index (χ1n) is 9.66. The van der Waals surface area contributed by atoms with Gasteiger partial charge in [0.1, 0.15) is 17.6 Å². The molecule has 1 aliphatic heterocycles. The second kappa shape index (κ2) is 10.8. The van der Waals surface area contributed by atoms with Gasteiger partial charge in [-0.1, -0.05) is 37.3 Å². The fourth-order valence-electron chi connectivity index (χ4n) is 3.53. The maximum Gasteiger partial charge on any atom is 0.303 e. The van der Waals surface area contributed by atoms with E-state index in [-0.39, 0.29) is 6.61 Å². The third kappa shape index (κ3) is 6.04. The van der Waals surface area contributed by atoms with Gasteiger partial charge in [0, 0.05) is 20.8 Å². The van der Waals surface area contributed by atoms with Crippen LogP contribution in [0.25, 0.3) is 0 Å². The summed E-state index contributed by atoms with van der Waals surface area (Å²) < 4.78 is 17.8. The van der Waals surface area contributed by atoms with Crippen molar-refractivity contribution in [2.75, 3.05) is 5.75 Å². The number of carbonyl (C=O) groups excluding carboxylic acids is 3. The van der Waals surface area contributed by atoms with E-state index in [1.807, 2.05) is 37.3 Å². The molecule has 5 atom stereocenters. The fourth-order valence-corrected chi connectivity index (χ4v) is 4.54. The number of benzene rings is 1. The van der Waals surface area contributed by atoms with E-state index in [1.165, 1.54) is 32.5 Å². The Morgan fingerprint density at radius 1 is 1.07 bits per heavy atom. The van der Waals surface area contributed by atoms with Gasteiger partial charge >= 0.3 is 5.97 Å². The second-order valence-corrected chi connectivity index (χ2v) is 8.27. The van der Waals surface area contributed by atoms with Crippen molar-refractivity contribution in [2.45, 2.75) is 71.0 Å². The molecule has 29 heavy (non-hydrogen) atoms. The van der Waals surface area contributed by atoms with Crippen LogP contribution in [0, 0.1) is 0 Å². The lowest BCUT2D eigenvalue weighted by atomic mass is 9.95. The lowest BCUT2D eigenvalue weighted by Crippen LogP contribution is -2.66. The standard InChI is InChI=1S/C21H29NO6S/c1-6-29-21-20(26-12-17-10-8-7-9-11-17)18(22(14(3)23)15(4)24)19(13(2)27-21)28-16(5)25/h7-11,13,18-21H,6,12H2,1-5H3/t13-,18+,19+,20-,21+/m1/s1. The first kappa shape index (κ1) is 23.4. The molecule has 8 heteroatoms. The highest BCUT2D eigenvalue weighted by atomic mass is 32.2. The second-order valence-electron chi connectivity index (χ2n) is 6.90. The summed E-state index contributed by atoms with van der Waals surface area (Å²) in [4.78, 5) is 37.6. The third-order valence-electron chi connectivity index (χ3n) is 4.65. The quantitative estimate of drug-likeness (QED) is 0.624. The first-order chi connectivity index (χ1) is 13.8. The Balaban J connectivity index is 2.43. The van der Waals surface area contributed by atoms with Gasteiger partial charge in [0.05, 0.1) is 12.7 Å². The average molecular weight is 424 g/mol. The number of hydrogen-bond acceptors (Lipinski definition) is 7. The highest BCUT2D eigenvalue weighted by Gasteiger charge is 2.51. The maximum absolute atomic E-state index is 12.4. The monoisotopic (exact) mass is 423 g/mol. The number of hydrogen-bond donors (Lipinski definition) is 0. The van der Waals surface area contributed by atoms with E-state index in [2.05, 4.69) is 0 Å². The summed E-state index contributed by atoms with van der Waals surface area (Å²) in [5.74, 6) is -0.608. The predicted octanol–water partition coefficient (Wildman–Crippen LogP) is 2.77. The van der Waals surface area contributed by atoms with Crippen LogP contribution in [0.2, 0.25) is 0 Å². The zero-order valence-corrected chi connectivity index (χ0v) is 18.3. The van der Waals surface area contributed by atoms with E-state index in [0.717, 1.165) is 16.2 Å². The van der Waals surface area contributed by atoms with Crippen molar-refractivity contribution in [3.8, 4) is 0 Å². The van der Waals surface area contributed by atoms with Crippen LogP contribution in [0.5, 0.6) is 0 Å². The fraction of sp³-hybridized carbons (Fsp3) is 0.571. The predicted molar refractivity (Wildman–Crippen MR) is 110 cm³/mol. The normalized spacial score (nSPS) is 26.6. The van der Waals surface area contributed by atoms with E-state index in [1.54, 1.807) is 6.92 Å². The first-order valence-corrected chi connectivity index (χ1v) is 10.7. The molecule has 1 saturated heterocycles. The van der Waals surface area contributed by atoms with Gasteiger partial charge in [-0.3, -0.25) is 19.3 Å². The van der Waals surface area contributed by atoms with E-state index < -0.39 is 47.6 Å². The van der Waals surface area contributed by atoms with Gasteiger partial charge in [0.15, 0.2) is 6.10 Å². The van der Waals surface area contributed by atoms with Gasteiger partial charge in [-0.25, -0.2) is 0 Å². The largest absolute Gasteiger partial charge is 0.457 e. The molecule has 0 N–H and O–H groups in total.